The number of benzene rings is 3. The molecule has 0 unspecified atom stereocenters. The Morgan fingerprint density at radius 1 is 0.917 bits per heavy atom. The lowest BCUT2D eigenvalue weighted by Gasteiger charge is -2.10. The van der Waals surface area contributed by atoms with Crippen molar-refractivity contribution < 1.29 is 4.79 Å². The summed E-state index contributed by atoms with van der Waals surface area (Å²) >= 11 is 2.85. The summed E-state index contributed by atoms with van der Waals surface area (Å²) in [6.45, 7) is 4.13. The van der Waals surface area contributed by atoms with E-state index in [4.69, 9.17) is 0 Å². The standard InChI is InChI=1S/C28H25N5OS2/c1-19-8-12-21(13-9-19)16-24-17-29-27(36-24)30-25(34)18-35-28-32-31-26(22-6-4-3-5-7-22)33(28)23-14-10-20(2)11-15-23/h3-15,17H,16,18H2,1-2H3,(H,29,30,34). The van der Waals surface area contributed by atoms with Gasteiger partial charge in [-0.3, -0.25) is 9.36 Å². The van der Waals surface area contributed by atoms with Crippen LogP contribution in [0, 0.1) is 13.8 Å². The summed E-state index contributed by atoms with van der Waals surface area (Å²) in [5.41, 5.74) is 5.55. The third-order valence-electron chi connectivity index (χ3n) is 5.59. The van der Waals surface area contributed by atoms with Crippen LogP contribution in [0.2, 0.25) is 0 Å². The quantitative estimate of drug-likeness (QED) is 0.247. The Labute approximate surface area is 218 Å². The summed E-state index contributed by atoms with van der Waals surface area (Å²) < 4.78 is 2.00. The number of amides is 1. The second-order valence-corrected chi connectivity index (χ2v) is 10.5. The van der Waals surface area contributed by atoms with E-state index in [0.29, 0.717) is 10.3 Å². The molecule has 0 fully saturated rings. The SMILES string of the molecule is Cc1ccc(Cc2cnc(NC(=O)CSc3nnc(-c4ccccc4)n3-c3ccc(C)cc3)s2)cc1. The van der Waals surface area contributed by atoms with E-state index in [-0.39, 0.29) is 11.7 Å². The van der Waals surface area contributed by atoms with Crippen LogP contribution in [0.25, 0.3) is 17.1 Å². The number of hydrogen-bond acceptors (Lipinski definition) is 6. The maximum atomic E-state index is 12.7. The smallest absolute Gasteiger partial charge is 0.236 e. The fraction of sp³-hybridized carbons (Fsp3) is 0.143. The Hall–Kier alpha value is -3.75. The lowest BCUT2D eigenvalue weighted by Crippen LogP contribution is -2.14. The predicted octanol–water partition coefficient (Wildman–Crippen LogP) is 6.33. The molecule has 8 heteroatoms. The highest BCUT2D eigenvalue weighted by molar-refractivity contribution is 7.99. The zero-order chi connectivity index (χ0) is 24.9. The monoisotopic (exact) mass is 511 g/mol. The number of carbonyl (C=O) groups excluding carboxylic acids is 1. The zero-order valence-corrected chi connectivity index (χ0v) is 21.6. The van der Waals surface area contributed by atoms with E-state index in [9.17, 15) is 4.79 Å². The van der Waals surface area contributed by atoms with Gasteiger partial charge in [0.15, 0.2) is 16.1 Å². The summed E-state index contributed by atoms with van der Waals surface area (Å²) in [7, 11) is 0. The van der Waals surface area contributed by atoms with Gasteiger partial charge < -0.3 is 5.32 Å². The van der Waals surface area contributed by atoms with E-state index in [1.807, 2.05) is 53.2 Å². The number of nitrogens with zero attached hydrogens (tertiary/aromatic N) is 4. The number of nitrogens with one attached hydrogen (secondary N) is 1. The number of rotatable bonds is 8. The topological polar surface area (TPSA) is 72.7 Å². The molecule has 0 bridgehead atoms. The number of carbonyl (C=O) groups is 1. The molecule has 180 valence electrons. The van der Waals surface area contributed by atoms with Gasteiger partial charge in [-0.15, -0.1) is 21.5 Å². The van der Waals surface area contributed by atoms with Crippen molar-refractivity contribution in [1.82, 2.24) is 19.7 Å². The molecule has 1 N–H and O–H groups in total. The number of aromatic nitrogens is 4. The highest BCUT2D eigenvalue weighted by Crippen LogP contribution is 2.28. The van der Waals surface area contributed by atoms with Gasteiger partial charge in [-0.05, 0) is 31.5 Å². The van der Waals surface area contributed by atoms with Crippen LogP contribution in [0.4, 0.5) is 5.13 Å². The first kappa shape index (κ1) is 24.0. The summed E-state index contributed by atoms with van der Waals surface area (Å²) in [5, 5.41) is 13.0. The normalized spacial score (nSPS) is 10.9. The number of anilines is 1. The molecule has 36 heavy (non-hydrogen) atoms. The van der Waals surface area contributed by atoms with Crippen molar-refractivity contribution in [1.29, 1.82) is 0 Å². The minimum atomic E-state index is -0.129. The van der Waals surface area contributed by atoms with Crippen LogP contribution in [-0.4, -0.2) is 31.4 Å². The van der Waals surface area contributed by atoms with Crippen molar-refractivity contribution in [3.63, 3.8) is 0 Å². The van der Waals surface area contributed by atoms with Crippen LogP contribution in [-0.2, 0) is 11.2 Å². The average Bonchev–Trinajstić information content (AvgIpc) is 3.52. The van der Waals surface area contributed by atoms with Crippen molar-refractivity contribution in [2.75, 3.05) is 11.1 Å². The molecule has 3 aromatic carbocycles. The maximum Gasteiger partial charge on any atom is 0.236 e. The van der Waals surface area contributed by atoms with Crippen molar-refractivity contribution in [2.24, 2.45) is 0 Å². The second-order valence-electron chi connectivity index (χ2n) is 8.47. The van der Waals surface area contributed by atoms with E-state index in [1.165, 1.54) is 39.8 Å². The van der Waals surface area contributed by atoms with Gasteiger partial charge in [0.25, 0.3) is 0 Å². The lowest BCUT2D eigenvalue weighted by molar-refractivity contribution is -0.113. The third kappa shape index (κ3) is 5.72. The molecule has 0 aliphatic heterocycles. The molecule has 2 aromatic heterocycles. The van der Waals surface area contributed by atoms with Gasteiger partial charge in [0.2, 0.25) is 5.91 Å². The van der Waals surface area contributed by atoms with Crippen molar-refractivity contribution >= 4 is 34.1 Å². The van der Waals surface area contributed by atoms with Gasteiger partial charge in [-0.25, -0.2) is 4.98 Å². The molecule has 0 radical (unpaired) electrons. The molecule has 5 rings (SSSR count). The molecule has 0 aliphatic carbocycles. The molecule has 6 nitrogen and oxygen atoms in total. The molecule has 0 saturated carbocycles. The number of aryl methyl sites for hydroxylation is 2. The minimum Gasteiger partial charge on any atom is -0.301 e. The van der Waals surface area contributed by atoms with Crippen LogP contribution >= 0.6 is 23.1 Å². The first-order chi connectivity index (χ1) is 17.5. The summed E-state index contributed by atoms with van der Waals surface area (Å²) in [4.78, 5) is 18.2. The summed E-state index contributed by atoms with van der Waals surface area (Å²) in [5.74, 6) is 0.810. The third-order valence-corrected chi connectivity index (χ3v) is 7.43. The Morgan fingerprint density at radius 3 is 2.33 bits per heavy atom. The van der Waals surface area contributed by atoms with E-state index in [1.54, 1.807) is 0 Å². The average molecular weight is 512 g/mol. The highest BCUT2D eigenvalue weighted by atomic mass is 32.2. The van der Waals surface area contributed by atoms with Gasteiger partial charge in [-0.2, -0.15) is 0 Å². The molecule has 5 aromatic rings. The highest BCUT2D eigenvalue weighted by Gasteiger charge is 2.17. The van der Waals surface area contributed by atoms with Gasteiger partial charge >= 0.3 is 0 Å². The molecule has 0 saturated heterocycles. The molecule has 2 heterocycles. The lowest BCUT2D eigenvalue weighted by atomic mass is 10.1. The second kappa shape index (κ2) is 10.9. The molecule has 0 aliphatic rings. The Bertz CT molecular complexity index is 1460. The molecular weight excluding hydrogens is 486 g/mol. The number of hydrogen-bond donors (Lipinski definition) is 1. The van der Waals surface area contributed by atoms with Crippen LogP contribution in [0.15, 0.2) is 90.2 Å². The van der Waals surface area contributed by atoms with E-state index in [0.717, 1.165) is 28.4 Å². The molecule has 0 spiro atoms. The first-order valence-electron chi connectivity index (χ1n) is 11.6. The maximum absolute atomic E-state index is 12.7. The fourth-order valence-corrected chi connectivity index (χ4v) is 5.32. The number of thioether (sulfide) groups is 1. The minimum absolute atomic E-state index is 0.129. The van der Waals surface area contributed by atoms with Gasteiger partial charge in [-0.1, -0.05) is 89.6 Å². The van der Waals surface area contributed by atoms with Crippen molar-refractivity contribution in [3.8, 4) is 17.1 Å². The van der Waals surface area contributed by atoms with Crippen LogP contribution in [0.5, 0.6) is 0 Å². The van der Waals surface area contributed by atoms with E-state index in [2.05, 4.69) is 70.7 Å². The fourth-order valence-electron chi connectivity index (χ4n) is 3.70. The number of thiazole rings is 1. The largest absolute Gasteiger partial charge is 0.301 e. The van der Waals surface area contributed by atoms with Crippen LogP contribution in [0.3, 0.4) is 0 Å². The Balaban J connectivity index is 1.28. The molecular formula is C28H25N5OS2. The van der Waals surface area contributed by atoms with Crippen LogP contribution in [0.1, 0.15) is 21.6 Å². The molecule has 1 amide bonds. The van der Waals surface area contributed by atoms with Crippen molar-refractivity contribution in [3.05, 3.63) is 107 Å². The van der Waals surface area contributed by atoms with Gasteiger partial charge in [0.05, 0.1) is 5.75 Å². The Morgan fingerprint density at radius 2 is 1.61 bits per heavy atom. The zero-order valence-electron chi connectivity index (χ0n) is 20.0. The molecule has 0 atom stereocenters. The summed E-state index contributed by atoms with van der Waals surface area (Å²) in [6, 6.07) is 26.6. The summed E-state index contributed by atoms with van der Waals surface area (Å²) in [6.07, 6.45) is 2.62. The first-order valence-corrected chi connectivity index (χ1v) is 13.4. The van der Waals surface area contributed by atoms with E-state index < -0.39 is 0 Å². The predicted molar refractivity (Wildman–Crippen MR) is 147 cm³/mol. The van der Waals surface area contributed by atoms with Crippen LogP contribution < -0.4 is 5.32 Å². The van der Waals surface area contributed by atoms with Gasteiger partial charge in [0.1, 0.15) is 0 Å². The van der Waals surface area contributed by atoms with Crippen molar-refractivity contribution in [2.45, 2.75) is 25.4 Å². The van der Waals surface area contributed by atoms with E-state index >= 15 is 0 Å². The Kier molecular flexibility index (Phi) is 7.25. The van der Waals surface area contributed by atoms with Gasteiger partial charge in [0, 0.05) is 28.7 Å².